The van der Waals surface area contributed by atoms with Crippen LogP contribution in [0.15, 0.2) is 14.4 Å². The maximum absolute atomic E-state index is 14.2. The second kappa shape index (κ2) is 19.7. The quantitative estimate of drug-likeness (QED) is 0.279. The molecule has 0 saturated carbocycles. The Bertz CT molecular complexity index is 1640. The van der Waals surface area contributed by atoms with Crippen LogP contribution in [0.3, 0.4) is 0 Å². The van der Waals surface area contributed by atoms with E-state index in [1.807, 2.05) is 105 Å². The fraction of sp³-hybridized carbons (Fsp3) is 0.893. The van der Waals surface area contributed by atoms with Crippen molar-refractivity contribution in [2.45, 2.75) is 162 Å². The summed E-state index contributed by atoms with van der Waals surface area (Å²) >= 11 is 0. The van der Waals surface area contributed by atoms with Crippen LogP contribution in [0.4, 0.5) is 0 Å². The SMILES string of the molecule is C[SiH]1O[SiH](C)O[Si](C)(CCCn2c(=O)n(CCC[Si]3(C)O[SiH](C)O[SiH](C)O[Si](C)(C)O3)c(=O)n(CCC[Si]3(C)O[Si](C)(C)O[SiH](C)O[Si](C)(C)O3)c2=O)O[Si](C)(C)O1. The van der Waals surface area contributed by atoms with E-state index >= 15 is 0 Å². The van der Waals surface area contributed by atoms with Gasteiger partial charge in [0.25, 0.3) is 37.1 Å². The Hall–Kier alpha value is 0.533. The highest BCUT2D eigenvalue weighted by atomic mass is 28.5. The summed E-state index contributed by atoms with van der Waals surface area (Å²) in [6.45, 7) is 32.2. The first-order valence-corrected chi connectivity index (χ1v) is 49.9. The summed E-state index contributed by atoms with van der Waals surface area (Å²) in [5, 5.41) is 0. The van der Waals surface area contributed by atoms with Crippen molar-refractivity contribution in [3.8, 4) is 0 Å². The topological polar surface area (TPSA) is 177 Å². The summed E-state index contributed by atoms with van der Waals surface area (Å²) in [6, 6.07) is 1.54. The summed E-state index contributed by atoms with van der Waals surface area (Å²) < 4.78 is 80.8. The molecule has 336 valence electrons. The van der Waals surface area contributed by atoms with Gasteiger partial charge in [0.05, 0.1) is 0 Å². The van der Waals surface area contributed by atoms with Gasteiger partial charge in [0.1, 0.15) is 0 Å². The first kappa shape index (κ1) is 51.2. The van der Waals surface area contributed by atoms with Gasteiger partial charge in [-0.05, 0) is 142 Å². The number of rotatable bonds is 12. The third kappa shape index (κ3) is 15.1. The lowest BCUT2D eigenvalue weighted by Gasteiger charge is -2.44. The number of nitrogens with zero attached hydrogens (tertiary/aromatic N) is 3. The normalized spacial score (nSPS) is 35.5. The van der Waals surface area contributed by atoms with Gasteiger partial charge < -0.3 is 49.4 Å². The largest absolute Gasteiger partial charge is 0.420 e. The smallest absolute Gasteiger partial charge is 0.336 e. The van der Waals surface area contributed by atoms with Crippen LogP contribution in [0.2, 0.25) is 123 Å². The van der Waals surface area contributed by atoms with Crippen LogP contribution < -0.4 is 17.1 Å². The van der Waals surface area contributed by atoms with Gasteiger partial charge in [-0.3, -0.25) is 0 Å². The molecule has 0 aromatic carbocycles. The lowest BCUT2D eigenvalue weighted by molar-refractivity contribution is 0.245. The molecule has 6 unspecified atom stereocenters. The van der Waals surface area contributed by atoms with E-state index in [4.69, 9.17) is 49.4 Å². The molecule has 3 fully saturated rings. The molecule has 0 N–H and O–H groups in total. The highest BCUT2D eigenvalue weighted by molar-refractivity contribution is 6.90. The molecule has 4 heterocycles. The molecule has 3 aliphatic rings. The molecule has 1 aromatic heterocycles. The molecule has 0 aliphatic carbocycles. The third-order valence-electron chi connectivity index (χ3n) is 9.67. The minimum Gasteiger partial charge on any atom is -0.420 e. The van der Waals surface area contributed by atoms with Crippen LogP contribution in [0, 0.1) is 0 Å². The molecule has 6 atom stereocenters. The minimum atomic E-state index is -2.87. The van der Waals surface area contributed by atoms with Gasteiger partial charge in [-0.25, -0.2) is 28.1 Å². The molecule has 1 aromatic rings. The fourth-order valence-electron chi connectivity index (χ4n) is 8.47. The summed E-state index contributed by atoms with van der Waals surface area (Å²) in [5.74, 6) is 0. The Balaban J connectivity index is 1.62. The van der Waals surface area contributed by atoms with E-state index in [0.29, 0.717) is 37.4 Å². The van der Waals surface area contributed by atoms with Crippen molar-refractivity contribution in [3.05, 3.63) is 31.5 Å². The van der Waals surface area contributed by atoms with Crippen molar-refractivity contribution < 1.29 is 49.4 Å². The van der Waals surface area contributed by atoms with Crippen LogP contribution in [-0.4, -0.2) is 120 Å². The van der Waals surface area contributed by atoms with Crippen LogP contribution in [0.1, 0.15) is 19.3 Å². The van der Waals surface area contributed by atoms with Gasteiger partial charge in [-0.2, -0.15) is 0 Å². The van der Waals surface area contributed by atoms with Gasteiger partial charge >= 0.3 is 86.3 Å². The van der Waals surface area contributed by atoms with E-state index in [2.05, 4.69) is 0 Å². The molecule has 0 bridgehead atoms. The molecule has 3 aliphatic heterocycles. The maximum atomic E-state index is 14.2. The third-order valence-corrected chi connectivity index (χ3v) is 55.4. The lowest BCUT2D eigenvalue weighted by Crippen LogP contribution is -2.61. The van der Waals surface area contributed by atoms with Crippen molar-refractivity contribution in [2.24, 2.45) is 0 Å². The standard InChI is InChI=1S/C28H71N3O15Si12/c1-47-35-49(3)41-56(14,43-52(6,7)37-47)23-17-20-29-26(32)30(21-18-24-57(15)42-50(4)36-48(2)38-53(8,9)44-57)28(34)31(27(29)33)22-19-25-58(16)45-54(10,11)39-51(5)40-55(12,13)46-58/h47-51H,17-25H2,1-16H3. The molecule has 3 saturated heterocycles. The Morgan fingerprint density at radius 1 is 0.379 bits per heavy atom. The van der Waals surface area contributed by atoms with Crippen LogP contribution in [0.5, 0.6) is 0 Å². The second-order valence-electron chi connectivity index (χ2n) is 17.8. The Kier molecular flexibility index (Phi) is 17.4. The van der Waals surface area contributed by atoms with E-state index in [1.165, 1.54) is 13.7 Å². The van der Waals surface area contributed by atoms with Crippen molar-refractivity contribution in [2.75, 3.05) is 0 Å². The predicted molar refractivity (Wildman–Crippen MR) is 250 cm³/mol. The zero-order valence-electron chi connectivity index (χ0n) is 37.7. The van der Waals surface area contributed by atoms with Crippen LogP contribution >= 0.6 is 0 Å². The molecule has 30 heteroatoms. The van der Waals surface area contributed by atoms with E-state index in [0.717, 1.165) is 0 Å². The van der Waals surface area contributed by atoms with E-state index in [1.54, 1.807) is 0 Å². The fourth-order valence-corrected chi connectivity index (χ4v) is 60.6. The molecule has 18 nitrogen and oxygen atoms in total. The second-order valence-corrected chi connectivity index (χ2v) is 54.1. The highest BCUT2D eigenvalue weighted by Crippen LogP contribution is 2.31. The van der Waals surface area contributed by atoms with Gasteiger partial charge in [0.2, 0.25) is 0 Å². The van der Waals surface area contributed by atoms with E-state index in [9.17, 15) is 14.4 Å². The minimum absolute atomic E-state index is 0.0841. The molecular formula is C28H71N3O15Si12. The first-order valence-electron chi connectivity index (χ1n) is 20.6. The van der Waals surface area contributed by atoms with Gasteiger partial charge in [0.15, 0.2) is 0 Å². The van der Waals surface area contributed by atoms with Crippen molar-refractivity contribution in [1.29, 1.82) is 0 Å². The highest BCUT2D eigenvalue weighted by Gasteiger charge is 2.49. The van der Waals surface area contributed by atoms with Gasteiger partial charge in [-0.1, -0.05) is 0 Å². The van der Waals surface area contributed by atoms with Crippen molar-refractivity contribution in [3.63, 3.8) is 0 Å². The van der Waals surface area contributed by atoms with Crippen LogP contribution in [-0.2, 0) is 69.0 Å². The summed E-state index contributed by atoms with van der Waals surface area (Å²) in [5.41, 5.74) is -1.92. The van der Waals surface area contributed by atoms with E-state index in [-0.39, 0.29) is 19.6 Å². The Morgan fingerprint density at radius 2 is 0.621 bits per heavy atom. The zero-order chi connectivity index (χ0) is 43.7. The lowest BCUT2D eigenvalue weighted by atomic mass is 10.4. The Labute approximate surface area is 360 Å². The molecule has 4 rings (SSSR count). The zero-order valence-corrected chi connectivity index (χ0v) is 50.5. The predicted octanol–water partition coefficient (Wildman–Crippen LogP) is 2.86. The molecule has 0 spiro atoms. The average Bonchev–Trinajstić information content (AvgIpc) is 2.97. The molecule has 58 heavy (non-hydrogen) atoms. The first-order chi connectivity index (χ1) is 26.4. The van der Waals surface area contributed by atoms with Gasteiger partial charge in [0, 0.05) is 19.6 Å². The van der Waals surface area contributed by atoms with Crippen molar-refractivity contribution in [1.82, 2.24) is 13.7 Å². The van der Waals surface area contributed by atoms with Crippen molar-refractivity contribution >= 4 is 106 Å². The Morgan fingerprint density at radius 3 is 0.931 bits per heavy atom. The van der Waals surface area contributed by atoms with Gasteiger partial charge in [-0.15, -0.1) is 0 Å². The maximum Gasteiger partial charge on any atom is 0.336 e. The number of aromatic nitrogens is 3. The van der Waals surface area contributed by atoms with Crippen LogP contribution in [0.25, 0.3) is 0 Å². The summed E-state index contributed by atoms with van der Waals surface area (Å²) in [4.78, 5) is 42.6. The average molecular weight is 1030 g/mol. The number of hydrogen-bond acceptors (Lipinski definition) is 15. The van der Waals surface area contributed by atoms with E-state index < -0.39 is 123 Å². The molecule has 0 radical (unpaired) electrons. The summed E-state index contributed by atoms with van der Waals surface area (Å²) in [7, 11) is -28.4. The monoisotopic (exact) mass is 1030 g/mol. The molecular weight excluding hydrogens is 955 g/mol. The number of hydrogen-bond donors (Lipinski definition) is 0. The molecule has 0 amide bonds. The summed E-state index contributed by atoms with van der Waals surface area (Å²) in [6.07, 6.45) is 1.28.